The monoisotopic (exact) mass is 223 g/mol. The molecule has 2 N–H and O–H groups in total. The van der Waals surface area contributed by atoms with E-state index in [0.29, 0.717) is 12.5 Å². The van der Waals surface area contributed by atoms with E-state index in [4.69, 9.17) is 10.5 Å². The van der Waals surface area contributed by atoms with Crippen molar-refractivity contribution in [1.29, 1.82) is 0 Å². The first kappa shape index (κ1) is 16.2. The third-order valence-electron chi connectivity index (χ3n) is 1.89. The van der Waals surface area contributed by atoms with E-state index in [2.05, 4.69) is 13.8 Å². The van der Waals surface area contributed by atoms with Crippen molar-refractivity contribution in [1.82, 2.24) is 0 Å². The molecule has 0 radical (unpaired) electrons. The van der Waals surface area contributed by atoms with Gasteiger partial charge in [0.1, 0.15) is 6.04 Å². The van der Waals surface area contributed by atoms with Gasteiger partial charge in [-0.3, -0.25) is 4.79 Å². The topological polar surface area (TPSA) is 52.3 Å². The minimum atomic E-state index is -0.432. The van der Waals surface area contributed by atoms with Crippen LogP contribution in [0.4, 0.5) is 0 Å². The molecule has 0 aliphatic carbocycles. The molecule has 1 atom stereocenters. The Labute approximate surface area is 92.8 Å². The number of ether oxygens (including phenoxy) is 1. The number of hydrogen-bond donors (Lipinski definition) is 1. The number of carbonyl (C=O) groups excluding carboxylic acids is 1. The summed E-state index contributed by atoms with van der Waals surface area (Å²) < 4.78 is 4.80. The molecule has 1 unspecified atom stereocenters. The Morgan fingerprint density at radius 1 is 1.36 bits per heavy atom. The second-order valence-electron chi connectivity index (χ2n) is 3.68. The van der Waals surface area contributed by atoms with Gasteiger partial charge in [0.25, 0.3) is 0 Å². The van der Waals surface area contributed by atoms with Gasteiger partial charge in [-0.05, 0) is 19.3 Å². The molecule has 0 aliphatic rings. The predicted octanol–water partition coefficient (Wildman–Crippen LogP) is 2.12. The van der Waals surface area contributed by atoms with Gasteiger partial charge >= 0.3 is 5.97 Å². The summed E-state index contributed by atoms with van der Waals surface area (Å²) in [6.07, 6.45) is 2.85. The van der Waals surface area contributed by atoms with E-state index in [9.17, 15) is 4.79 Å². The number of hydrogen-bond acceptors (Lipinski definition) is 3. The Morgan fingerprint density at radius 2 is 1.93 bits per heavy atom. The summed E-state index contributed by atoms with van der Waals surface area (Å²) in [6.45, 7) is 6.53. The summed E-state index contributed by atoms with van der Waals surface area (Å²) in [4.78, 5) is 11.1. The molecule has 0 aliphatic heterocycles. The van der Waals surface area contributed by atoms with Gasteiger partial charge in [-0.2, -0.15) is 0 Å². The molecule has 0 aromatic carbocycles. The first-order valence-corrected chi connectivity index (χ1v) is 5.00. The average molecular weight is 224 g/mol. The van der Waals surface area contributed by atoms with Crippen LogP contribution in [0.3, 0.4) is 0 Å². The standard InChI is InChI=1S/C10H21NO2.ClH/c1-4-13-10(12)9(11)7-5-6-8(2)3;/h8-9H,4-7,11H2,1-3H3;1H. The highest BCUT2D eigenvalue weighted by Crippen LogP contribution is 2.08. The van der Waals surface area contributed by atoms with Crippen molar-refractivity contribution in [3.05, 3.63) is 0 Å². The molecule has 3 nitrogen and oxygen atoms in total. The van der Waals surface area contributed by atoms with Crippen LogP contribution >= 0.6 is 12.4 Å². The third kappa shape index (κ3) is 8.32. The number of esters is 1. The van der Waals surface area contributed by atoms with E-state index in [1.165, 1.54) is 0 Å². The highest BCUT2D eigenvalue weighted by Gasteiger charge is 2.13. The fourth-order valence-corrected chi connectivity index (χ4v) is 1.11. The largest absolute Gasteiger partial charge is 0.465 e. The predicted molar refractivity (Wildman–Crippen MR) is 60.5 cm³/mol. The molecule has 0 saturated carbocycles. The summed E-state index contributed by atoms with van der Waals surface area (Å²) >= 11 is 0. The van der Waals surface area contributed by atoms with Gasteiger partial charge in [0.2, 0.25) is 0 Å². The van der Waals surface area contributed by atoms with E-state index < -0.39 is 6.04 Å². The van der Waals surface area contributed by atoms with E-state index >= 15 is 0 Å². The Morgan fingerprint density at radius 3 is 2.36 bits per heavy atom. The van der Waals surface area contributed by atoms with Crippen LogP contribution in [0, 0.1) is 5.92 Å². The normalized spacial score (nSPS) is 12.1. The zero-order valence-electron chi connectivity index (χ0n) is 9.29. The zero-order valence-corrected chi connectivity index (χ0v) is 10.1. The summed E-state index contributed by atoms with van der Waals surface area (Å²) in [6, 6.07) is -0.432. The first-order chi connectivity index (χ1) is 6.07. The quantitative estimate of drug-likeness (QED) is 0.702. The second-order valence-corrected chi connectivity index (χ2v) is 3.68. The van der Waals surface area contributed by atoms with Crippen LogP contribution in [0.25, 0.3) is 0 Å². The lowest BCUT2D eigenvalue weighted by molar-refractivity contribution is -0.144. The van der Waals surface area contributed by atoms with Gasteiger partial charge < -0.3 is 10.5 Å². The van der Waals surface area contributed by atoms with E-state index in [-0.39, 0.29) is 18.4 Å². The van der Waals surface area contributed by atoms with Crippen LogP contribution < -0.4 is 5.73 Å². The molecular formula is C10H22ClNO2. The van der Waals surface area contributed by atoms with Crippen molar-refractivity contribution < 1.29 is 9.53 Å². The summed E-state index contributed by atoms with van der Waals surface area (Å²) in [7, 11) is 0. The van der Waals surface area contributed by atoms with Crippen molar-refractivity contribution in [2.24, 2.45) is 11.7 Å². The number of carbonyl (C=O) groups is 1. The van der Waals surface area contributed by atoms with Crippen LogP contribution in [0.1, 0.15) is 40.0 Å². The Bertz CT molecular complexity index is 151. The van der Waals surface area contributed by atoms with E-state index in [1.807, 2.05) is 0 Å². The minimum Gasteiger partial charge on any atom is -0.465 e. The maximum absolute atomic E-state index is 11.1. The first-order valence-electron chi connectivity index (χ1n) is 5.00. The maximum atomic E-state index is 11.1. The summed E-state index contributed by atoms with van der Waals surface area (Å²) in [5.74, 6) is 0.403. The van der Waals surface area contributed by atoms with Crippen molar-refractivity contribution in [3.8, 4) is 0 Å². The summed E-state index contributed by atoms with van der Waals surface area (Å²) in [5, 5.41) is 0. The smallest absolute Gasteiger partial charge is 0.322 e. The molecular weight excluding hydrogens is 202 g/mol. The molecule has 0 amide bonds. The fourth-order valence-electron chi connectivity index (χ4n) is 1.11. The maximum Gasteiger partial charge on any atom is 0.322 e. The van der Waals surface area contributed by atoms with Gasteiger partial charge in [-0.1, -0.05) is 26.7 Å². The number of nitrogens with two attached hydrogens (primary N) is 1. The minimum absolute atomic E-state index is 0. The molecule has 0 heterocycles. The molecule has 0 aromatic rings. The lowest BCUT2D eigenvalue weighted by Gasteiger charge is -2.10. The lowest BCUT2D eigenvalue weighted by Crippen LogP contribution is -2.32. The number of rotatable bonds is 6. The molecule has 0 spiro atoms. The molecule has 86 valence electrons. The Hall–Kier alpha value is -0.280. The molecule has 14 heavy (non-hydrogen) atoms. The molecule has 4 heteroatoms. The van der Waals surface area contributed by atoms with Crippen LogP contribution in [0.15, 0.2) is 0 Å². The Kier molecular flexibility index (Phi) is 10.7. The molecule has 0 bridgehead atoms. The van der Waals surface area contributed by atoms with Gasteiger partial charge in [-0.15, -0.1) is 12.4 Å². The van der Waals surface area contributed by atoms with Gasteiger partial charge in [-0.25, -0.2) is 0 Å². The van der Waals surface area contributed by atoms with Crippen molar-refractivity contribution >= 4 is 18.4 Å². The van der Waals surface area contributed by atoms with Crippen molar-refractivity contribution in [3.63, 3.8) is 0 Å². The SMILES string of the molecule is CCOC(=O)C(N)CCCC(C)C.Cl. The number of halogens is 1. The fraction of sp³-hybridized carbons (Fsp3) is 0.900. The van der Waals surface area contributed by atoms with Crippen LogP contribution in [0.5, 0.6) is 0 Å². The van der Waals surface area contributed by atoms with Gasteiger partial charge in [0.05, 0.1) is 6.61 Å². The summed E-state index contributed by atoms with van der Waals surface area (Å²) in [5.41, 5.74) is 5.61. The zero-order chi connectivity index (χ0) is 10.3. The van der Waals surface area contributed by atoms with Crippen molar-refractivity contribution in [2.45, 2.75) is 46.1 Å². The van der Waals surface area contributed by atoms with E-state index in [1.54, 1.807) is 6.92 Å². The molecule has 0 fully saturated rings. The van der Waals surface area contributed by atoms with Crippen LogP contribution in [-0.2, 0) is 9.53 Å². The Balaban J connectivity index is 0. The highest BCUT2D eigenvalue weighted by atomic mass is 35.5. The molecule has 0 aromatic heterocycles. The van der Waals surface area contributed by atoms with Crippen LogP contribution in [-0.4, -0.2) is 18.6 Å². The van der Waals surface area contributed by atoms with Gasteiger partial charge in [0.15, 0.2) is 0 Å². The molecule has 0 rings (SSSR count). The lowest BCUT2D eigenvalue weighted by atomic mass is 10.0. The highest BCUT2D eigenvalue weighted by molar-refractivity contribution is 5.85. The third-order valence-corrected chi connectivity index (χ3v) is 1.89. The average Bonchev–Trinajstić information content (AvgIpc) is 2.04. The van der Waals surface area contributed by atoms with Crippen LogP contribution in [0.2, 0.25) is 0 Å². The second kappa shape index (κ2) is 9.28. The van der Waals surface area contributed by atoms with E-state index in [0.717, 1.165) is 19.3 Å². The molecule has 0 saturated heterocycles. The van der Waals surface area contributed by atoms with Crippen molar-refractivity contribution in [2.75, 3.05) is 6.61 Å². The van der Waals surface area contributed by atoms with Gasteiger partial charge in [0, 0.05) is 0 Å².